The predicted molar refractivity (Wildman–Crippen MR) is 95.3 cm³/mol. The monoisotopic (exact) mass is 334 g/mol. The molecule has 1 aliphatic heterocycles. The van der Waals surface area contributed by atoms with Gasteiger partial charge < -0.3 is 19.7 Å². The maximum Gasteiger partial charge on any atom is 0.317 e. The zero-order chi connectivity index (χ0) is 17.4. The number of nitrogens with one attached hydrogen (secondary N) is 1. The van der Waals surface area contributed by atoms with E-state index in [1.165, 1.54) is 6.42 Å². The fraction of sp³-hybridized carbons (Fsp3) is 0.632. The highest BCUT2D eigenvalue weighted by Crippen LogP contribution is 2.17. The van der Waals surface area contributed by atoms with E-state index in [1.807, 2.05) is 45.2 Å². The van der Waals surface area contributed by atoms with Crippen molar-refractivity contribution in [3.8, 4) is 5.75 Å². The normalized spacial score (nSPS) is 17.1. The van der Waals surface area contributed by atoms with Gasteiger partial charge in [-0.25, -0.2) is 4.79 Å². The summed E-state index contributed by atoms with van der Waals surface area (Å²) in [5, 5.41) is 2.96. The van der Waals surface area contributed by atoms with Crippen molar-refractivity contribution in [2.75, 3.05) is 20.2 Å². The molecule has 1 N–H and O–H groups in total. The van der Waals surface area contributed by atoms with Gasteiger partial charge in [0.25, 0.3) is 0 Å². The summed E-state index contributed by atoms with van der Waals surface area (Å²) < 4.78 is 11.3. The van der Waals surface area contributed by atoms with Crippen LogP contribution in [-0.2, 0) is 11.3 Å². The first-order chi connectivity index (χ1) is 11.5. The molecule has 0 radical (unpaired) electrons. The minimum Gasteiger partial charge on any atom is -0.491 e. The van der Waals surface area contributed by atoms with Gasteiger partial charge in [-0.05, 0) is 57.2 Å². The first-order valence-electron chi connectivity index (χ1n) is 8.91. The van der Waals surface area contributed by atoms with E-state index in [0.717, 1.165) is 43.7 Å². The van der Waals surface area contributed by atoms with Gasteiger partial charge in [-0.2, -0.15) is 0 Å². The minimum atomic E-state index is -0.0440. The van der Waals surface area contributed by atoms with E-state index in [0.29, 0.717) is 12.6 Å². The molecule has 5 heteroatoms. The molecule has 0 aliphatic carbocycles. The molecule has 1 aromatic carbocycles. The number of hydrogen-bond donors (Lipinski definition) is 1. The number of carbonyl (C=O) groups excluding carboxylic acids is 1. The lowest BCUT2D eigenvalue weighted by Crippen LogP contribution is -2.37. The summed E-state index contributed by atoms with van der Waals surface area (Å²) in [6.07, 6.45) is 4.87. The highest BCUT2D eigenvalue weighted by atomic mass is 16.5. The van der Waals surface area contributed by atoms with Crippen molar-refractivity contribution in [3.63, 3.8) is 0 Å². The van der Waals surface area contributed by atoms with Crippen LogP contribution >= 0.6 is 0 Å². The van der Waals surface area contributed by atoms with Gasteiger partial charge in [0.2, 0.25) is 0 Å². The molecule has 0 unspecified atom stereocenters. The number of carbonyl (C=O) groups is 1. The Balaban J connectivity index is 1.69. The number of urea groups is 1. The summed E-state index contributed by atoms with van der Waals surface area (Å²) in [7, 11) is 1.84. The Morgan fingerprint density at radius 2 is 2.29 bits per heavy atom. The first-order valence-corrected chi connectivity index (χ1v) is 8.91. The van der Waals surface area contributed by atoms with Crippen molar-refractivity contribution in [2.24, 2.45) is 0 Å². The van der Waals surface area contributed by atoms with Crippen LogP contribution in [0.1, 0.15) is 45.1 Å². The van der Waals surface area contributed by atoms with E-state index >= 15 is 0 Å². The number of amides is 2. The molecule has 24 heavy (non-hydrogen) atoms. The van der Waals surface area contributed by atoms with Gasteiger partial charge in [-0.1, -0.05) is 12.1 Å². The highest BCUT2D eigenvalue weighted by molar-refractivity contribution is 5.73. The topological polar surface area (TPSA) is 50.8 Å². The second kappa shape index (κ2) is 9.52. The van der Waals surface area contributed by atoms with E-state index in [9.17, 15) is 4.79 Å². The lowest BCUT2D eigenvalue weighted by atomic mass is 10.1. The van der Waals surface area contributed by atoms with Crippen LogP contribution in [0.25, 0.3) is 0 Å². The van der Waals surface area contributed by atoms with Gasteiger partial charge in [0.1, 0.15) is 5.75 Å². The molecule has 1 atom stereocenters. The summed E-state index contributed by atoms with van der Waals surface area (Å²) in [6, 6.07) is 7.80. The van der Waals surface area contributed by atoms with Crippen molar-refractivity contribution in [3.05, 3.63) is 29.8 Å². The number of nitrogens with zero attached hydrogens (tertiary/aromatic N) is 1. The van der Waals surface area contributed by atoms with Crippen molar-refractivity contribution < 1.29 is 14.3 Å². The van der Waals surface area contributed by atoms with Gasteiger partial charge in [-0.3, -0.25) is 0 Å². The maximum absolute atomic E-state index is 12.2. The summed E-state index contributed by atoms with van der Waals surface area (Å²) in [6.45, 7) is 6.15. The zero-order valence-corrected chi connectivity index (χ0v) is 15.1. The van der Waals surface area contributed by atoms with Crippen molar-refractivity contribution >= 4 is 6.03 Å². The Bertz CT molecular complexity index is 513. The van der Waals surface area contributed by atoms with Crippen LogP contribution < -0.4 is 10.1 Å². The van der Waals surface area contributed by atoms with Crippen molar-refractivity contribution in [1.29, 1.82) is 0 Å². The molecule has 1 aromatic rings. The molecular formula is C19H30N2O3. The number of rotatable bonds is 8. The highest BCUT2D eigenvalue weighted by Gasteiger charge is 2.16. The standard InChI is InChI=1S/C19H30N2O3/c1-15(2)24-18-8-4-7-16(13-18)14-20-19(22)21(3)11-5-9-17-10-6-12-23-17/h4,7-8,13,15,17H,5-6,9-12,14H2,1-3H3,(H,20,22)/t17-/m1/s1. The van der Waals surface area contributed by atoms with Crippen LogP contribution in [0.4, 0.5) is 4.79 Å². The molecule has 1 aliphatic rings. The molecule has 0 bridgehead atoms. The van der Waals surface area contributed by atoms with E-state index in [1.54, 1.807) is 4.90 Å². The van der Waals surface area contributed by atoms with Crippen LogP contribution in [0.15, 0.2) is 24.3 Å². The molecule has 134 valence electrons. The SMILES string of the molecule is CC(C)Oc1cccc(CNC(=O)N(C)CCC[C@@H]2CCCO2)c1. The maximum atomic E-state index is 12.2. The number of hydrogen-bond acceptors (Lipinski definition) is 3. The lowest BCUT2D eigenvalue weighted by Gasteiger charge is -2.19. The van der Waals surface area contributed by atoms with Gasteiger partial charge in [0.05, 0.1) is 12.2 Å². The predicted octanol–water partition coefficient (Wildman–Crippen LogP) is 3.57. The minimum absolute atomic E-state index is 0.0440. The Hall–Kier alpha value is -1.75. The van der Waals surface area contributed by atoms with Gasteiger partial charge in [-0.15, -0.1) is 0 Å². The summed E-state index contributed by atoms with van der Waals surface area (Å²) in [4.78, 5) is 13.9. The fourth-order valence-electron chi connectivity index (χ4n) is 2.84. The third kappa shape index (κ3) is 6.40. The first kappa shape index (κ1) is 18.6. The lowest BCUT2D eigenvalue weighted by molar-refractivity contribution is 0.100. The van der Waals surface area contributed by atoms with Gasteiger partial charge >= 0.3 is 6.03 Å². The molecule has 1 fully saturated rings. The summed E-state index contributed by atoms with van der Waals surface area (Å²) in [5.41, 5.74) is 1.04. The third-order valence-corrected chi connectivity index (χ3v) is 4.10. The van der Waals surface area contributed by atoms with Crippen LogP contribution in [0.3, 0.4) is 0 Å². The van der Waals surface area contributed by atoms with Crippen molar-refractivity contribution in [2.45, 2.75) is 58.3 Å². The second-order valence-electron chi connectivity index (χ2n) is 6.67. The molecule has 2 rings (SSSR count). The molecule has 5 nitrogen and oxygen atoms in total. The van der Waals surface area contributed by atoms with Crippen LogP contribution in [-0.4, -0.2) is 43.3 Å². The summed E-state index contributed by atoms with van der Waals surface area (Å²) in [5.74, 6) is 0.835. The number of ether oxygens (including phenoxy) is 2. The largest absolute Gasteiger partial charge is 0.491 e. The average Bonchev–Trinajstić information content (AvgIpc) is 3.05. The van der Waals surface area contributed by atoms with E-state index in [2.05, 4.69) is 5.32 Å². The third-order valence-electron chi connectivity index (χ3n) is 4.10. The Morgan fingerprint density at radius 1 is 1.46 bits per heavy atom. The quantitative estimate of drug-likeness (QED) is 0.790. The van der Waals surface area contributed by atoms with Crippen LogP contribution in [0.2, 0.25) is 0 Å². The Kier molecular flexibility index (Phi) is 7.37. The molecule has 2 amide bonds. The smallest absolute Gasteiger partial charge is 0.317 e. The zero-order valence-electron chi connectivity index (χ0n) is 15.1. The molecule has 0 saturated carbocycles. The van der Waals surface area contributed by atoms with Gasteiger partial charge in [0.15, 0.2) is 0 Å². The van der Waals surface area contributed by atoms with Crippen LogP contribution in [0, 0.1) is 0 Å². The van der Waals surface area contributed by atoms with E-state index < -0.39 is 0 Å². The molecule has 0 aromatic heterocycles. The second-order valence-corrected chi connectivity index (χ2v) is 6.67. The van der Waals surface area contributed by atoms with Crippen LogP contribution in [0.5, 0.6) is 5.75 Å². The molecule has 1 saturated heterocycles. The van der Waals surface area contributed by atoms with E-state index in [4.69, 9.17) is 9.47 Å². The average molecular weight is 334 g/mol. The van der Waals surface area contributed by atoms with Crippen molar-refractivity contribution in [1.82, 2.24) is 10.2 Å². The summed E-state index contributed by atoms with van der Waals surface area (Å²) >= 11 is 0. The van der Waals surface area contributed by atoms with E-state index in [-0.39, 0.29) is 12.1 Å². The molecular weight excluding hydrogens is 304 g/mol. The van der Waals surface area contributed by atoms with Gasteiger partial charge in [0, 0.05) is 26.7 Å². The molecule has 1 heterocycles. The Morgan fingerprint density at radius 3 is 3.00 bits per heavy atom. The Labute approximate surface area is 145 Å². The number of benzene rings is 1. The fourth-order valence-corrected chi connectivity index (χ4v) is 2.84. The molecule has 0 spiro atoms.